The van der Waals surface area contributed by atoms with Crippen LogP contribution < -0.4 is 10.6 Å². The molecule has 0 fully saturated rings. The number of amides is 1. The topological polar surface area (TPSA) is 80.9 Å². The minimum atomic E-state index is -0.105. The van der Waals surface area contributed by atoms with Crippen LogP contribution in [0.4, 0.5) is 10.9 Å². The number of aromatic nitrogens is 1. The fourth-order valence-electron chi connectivity index (χ4n) is 1.72. The van der Waals surface area contributed by atoms with E-state index in [1.807, 2.05) is 19.0 Å². The number of carbonyl (C=O) groups is 1. The minimum absolute atomic E-state index is 0.105. The summed E-state index contributed by atoms with van der Waals surface area (Å²) in [7, 11) is 7.00. The average molecular weight is 316 g/mol. The molecule has 0 spiro atoms. The Morgan fingerprint density at radius 1 is 1.24 bits per heavy atom. The van der Waals surface area contributed by atoms with Gasteiger partial charge < -0.3 is 25.0 Å². The number of nitrogens with zero attached hydrogens (tertiary/aromatic N) is 3. The zero-order chi connectivity index (χ0) is 15.8. The summed E-state index contributed by atoms with van der Waals surface area (Å²) in [6, 6.07) is 0. The number of methoxy groups -OCH3 is 2. The Labute approximate surface area is 129 Å². The monoisotopic (exact) mass is 316 g/mol. The van der Waals surface area contributed by atoms with Crippen LogP contribution in [0.3, 0.4) is 0 Å². The highest BCUT2D eigenvalue weighted by atomic mass is 32.1. The maximum atomic E-state index is 12.6. The molecule has 0 aromatic carbocycles. The zero-order valence-electron chi connectivity index (χ0n) is 13.1. The maximum absolute atomic E-state index is 12.6. The fraction of sp³-hybridized carbons (Fsp3) is 0.692. The number of hydrogen-bond donors (Lipinski definition) is 1. The molecule has 0 aliphatic carbocycles. The van der Waals surface area contributed by atoms with Crippen molar-refractivity contribution in [3.8, 4) is 0 Å². The molecule has 1 amide bonds. The molecule has 0 bridgehead atoms. The number of nitrogen functional groups attached to an aromatic ring is 1. The van der Waals surface area contributed by atoms with Gasteiger partial charge in [0, 0.05) is 48.0 Å². The first-order valence-corrected chi connectivity index (χ1v) is 7.53. The van der Waals surface area contributed by atoms with E-state index in [2.05, 4.69) is 4.98 Å². The standard InChI is InChI=1S/C13H24N4O3S/c1-16(2)13-15-11(14)10(21-13)12(18)17(7-9-20-4)6-5-8-19-3/h5-9,14H2,1-4H3. The lowest BCUT2D eigenvalue weighted by Gasteiger charge is -2.21. The first-order chi connectivity index (χ1) is 10.0. The van der Waals surface area contributed by atoms with Crippen LogP contribution in [-0.2, 0) is 9.47 Å². The van der Waals surface area contributed by atoms with Gasteiger partial charge in [-0.3, -0.25) is 4.79 Å². The molecule has 2 N–H and O–H groups in total. The van der Waals surface area contributed by atoms with Crippen LogP contribution in [0, 0.1) is 0 Å². The number of thiazole rings is 1. The highest BCUT2D eigenvalue weighted by Gasteiger charge is 2.22. The largest absolute Gasteiger partial charge is 0.385 e. The van der Waals surface area contributed by atoms with E-state index < -0.39 is 0 Å². The molecule has 0 unspecified atom stereocenters. The van der Waals surface area contributed by atoms with E-state index in [-0.39, 0.29) is 11.7 Å². The molecule has 21 heavy (non-hydrogen) atoms. The van der Waals surface area contributed by atoms with Crippen LogP contribution in [0.1, 0.15) is 16.1 Å². The van der Waals surface area contributed by atoms with E-state index in [4.69, 9.17) is 15.2 Å². The molecule has 120 valence electrons. The molecule has 0 aliphatic rings. The summed E-state index contributed by atoms with van der Waals surface area (Å²) >= 11 is 1.30. The van der Waals surface area contributed by atoms with Crippen LogP contribution in [0.25, 0.3) is 0 Å². The van der Waals surface area contributed by atoms with Crippen molar-refractivity contribution < 1.29 is 14.3 Å². The quantitative estimate of drug-likeness (QED) is 0.682. The predicted molar refractivity (Wildman–Crippen MR) is 85.1 cm³/mol. The summed E-state index contributed by atoms with van der Waals surface area (Å²) in [5.41, 5.74) is 5.87. The van der Waals surface area contributed by atoms with Gasteiger partial charge in [0.25, 0.3) is 5.91 Å². The Kier molecular flexibility index (Phi) is 7.41. The highest BCUT2D eigenvalue weighted by molar-refractivity contribution is 7.18. The molecule has 0 saturated carbocycles. The van der Waals surface area contributed by atoms with E-state index >= 15 is 0 Å². The Morgan fingerprint density at radius 3 is 2.43 bits per heavy atom. The second-order valence-corrected chi connectivity index (χ2v) is 5.71. The highest BCUT2D eigenvalue weighted by Crippen LogP contribution is 2.27. The number of nitrogens with two attached hydrogens (primary N) is 1. The van der Waals surface area contributed by atoms with Crippen LogP contribution >= 0.6 is 11.3 Å². The molecule has 8 heteroatoms. The molecule has 1 aromatic rings. The number of anilines is 2. The molecular formula is C13H24N4O3S. The van der Waals surface area contributed by atoms with Gasteiger partial charge in [-0.2, -0.15) is 0 Å². The normalized spacial score (nSPS) is 10.7. The number of ether oxygens (including phenoxy) is 2. The van der Waals surface area contributed by atoms with Crippen molar-refractivity contribution in [3.05, 3.63) is 4.88 Å². The minimum Gasteiger partial charge on any atom is -0.385 e. The first-order valence-electron chi connectivity index (χ1n) is 6.72. The van der Waals surface area contributed by atoms with E-state index in [0.29, 0.717) is 31.2 Å². The van der Waals surface area contributed by atoms with Gasteiger partial charge in [0.05, 0.1) is 6.61 Å². The number of hydrogen-bond acceptors (Lipinski definition) is 7. The zero-order valence-corrected chi connectivity index (χ0v) is 13.9. The van der Waals surface area contributed by atoms with Crippen molar-refractivity contribution in [1.29, 1.82) is 0 Å². The third-order valence-corrected chi connectivity index (χ3v) is 4.07. The average Bonchev–Trinajstić information content (AvgIpc) is 2.84. The van der Waals surface area contributed by atoms with Gasteiger partial charge in [-0.05, 0) is 6.42 Å². The van der Waals surface area contributed by atoms with Crippen LogP contribution in [-0.4, -0.2) is 70.4 Å². The Bertz CT molecular complexity index is 451. The summed E-state index contributed by atoms with van der Waals surface area (Å²) in [6.07, 6.45) is 0.769. The second-order valence-electron chi connectivity index (χ2n) is 4.74. The molecule has 0 radical (unpaired) electrons. The Balaban J connectivity index is 2.82. The predicted octanol–water partition coefficient (Wildman–Crippen LogP) is 0.916. The van der Waals surface area contributed by atoms with Gasteiger partial charge in [0.15, 0.2) is 5.13 Å². The summed E-state index contributed by atoms with van der Waals surface area (Å²) in [6.45, 7) is 2.22. The van der Waals surface area contributed by atoms with Gasteiger partial charge in [0.2, 0.25) is 0 Å². The van der Waals surface area contributed by atoms with Crippen molar-refractivity contribution in [3.63, 3.8) is 0 Å². The van der Waals surface area contributed by atoms with Crippen molar-refractivity contribution in [2.75, 3.05) is 65.3 Å². The van der Waals surface area contributed by atoms with E-state index in [1.165, 1.54) is 11.3 Å². The van der Waals surface area contributed by atoms with Crippen LogP contribution in [0.5, 0.6) is 0 Å². The van der Waals surface area contributed by atoms with Crippen molar-refractivity contribution in [1.82, 2.24) is 9.88 Å². The van der Waals surface area contributed by atoms with Gasteiger partial charge >= 0.3 is 0 Å². The third-order valence-electron chi connectivity index (χ3n) is 2.85. The lowest BCUT2D eigenvalue weighted by Crippen LogP contribution is -2.35. The summed E-state index contributed by atoms with van der Waals surface area (Å²) in [5.74, 6) is 0.175. The molecule has 1 rings (SSSR count). The van der Waals surface area contributed by atoms with Crippen molar-refractivity contribution >= 4 is 28.2 Å². The molecule has 7 nitrogen and oxygen atoms in total. The van der Waals surface area contributed by atoms with Gasteiger partial charge in [0.1, 0.15) is 10.7 Å². The summed E-state index contributed by atoms with van der Waals surface area (Å²) in [5, 5.41) is 0.722. The Morgan fingerprint density at radius 2 is 1.90 bits per heavy atom. The molecular weight excluding hydrogens is 292 g/mol. The van der Waals surface area contributed by atoms with E-state index in [0.717, 1.165) is 11.6 Å². The maximum Gasteiger partial charge on any atom is 0.267 e. The molecule has 1 heterocycles. The lowest BCUT2D eigenvalue weighted by atomic mass is 10.3. The lowest BCUT2D eigenvalue weighted by molar-refractivity contribution is 0.0679. The first kappa shape index (κ1) is 17.7. The Hall–Kier alpha value is -1.38. The smallest absolute Gasteiger partial charge is 0.267 e. The van der Waals surface area contributed by atoms with Crippen LogP contribution in [0.15, 0.2) is 0 Å². The van der Waals surface area contributed by atoms with Crippen molar-refractivity contribution in [2.45, 2.75) is 6.42 Å². The SMILES string of the molecule is COCCCN(CCOC)C(=O)c1sc(N(C)C)nc1N. The number of rotatable bonds is 9. The fourth-order valence-corrected chi connectivity index (χ4v) is 2.60. The molecule has 0 aliphatic heterocycles. The second kappa shape index (κ2) is 8.81. The summed E-state index contributed by atoms with van der Waals surface area (Å²) in [4.78, 5) is 20.9. The molecule has 0 atom stereocenters. The summed E-state index contributed by atoms with van der Waals surface area (Å²) < 4.78 is 10.1. The number of carbonyl (C=O) groups excluding carboxylic acids is 1. The van der Waals surface area contributed by atoms with E-state index in [1.54, 1.807) is 19.1 Å². The van der Waals surface area contributed by atoms with Gasteiger partial charge in [-0.25, -0.2) is 4.98 Å². The third kappa shape index (κ3) is 5.14. The van der Waals surface area contributed by atoms with Crippen LogP contribution in [0.2, 0.25) is 0 Å². The van der Waals surface area contributed by atoms with Gasteiger partial charge in [-0.15, -0.1) is 0 Å². The van der Waals surface area contributed by atoms with Gasteiger partial charge in [-0.1, -0.05) is 11.3 Å². The molecule has 1 aromatic heterocycles. The van der Waals surface area contributed by atoms with Crippen molar-refractivity contribution in [2.24, 2.45) is 0 Å². The van der Waals surface area contributed by atoms with E-state index in [9.17, 15) is 4.79 Å². The molecule has 0 saturated heterocycles.